The van der Waals surface area contributed by atoms with Crippen molar-refractivity contribution >= 4 is 11.9 Å². The van der Waals surface area contributed by atoms with Gasteiger partial charge in [-0.15, -0.1) is 0 Å². The van der Waals surface area contributed by atoms with Crippen LogP contribution in [0, 0.1) is 0 Å². The van der Waals surface area contributed by atoms with Crippen molar-refractivity contribution in [2.45, 2.75) is 12.8 Å². The number of methoxy groups -OCH3 is 2. The molecule has 1 amide bonds. The van der Waals surface area contributed by atoms with Gasteiger partial charge in [0.15, 0.2) is 18.1 Å². The molecular formula is C18H28N2O5. The minimum Gasteiger partial charge on any atom is -0.493 e. The number of nitrogens with zero attached hydrogens (tertiary/aromatic N) is 2. The third-order valence-electron chi connectivity index (χ3n) is 3.62. The minimum atomic E-state index is -0.337. The van der Waals surface area contributed by atoms with Gasteiger partial charge in [0.1, 0.15) is 0 Å². The van der Waals surface area contributed by atoms with Crippen LogP contribution in [0.25, 0.3) is 0 Å². The topological polar surface area (TPSA) is 68.3 Å². The van der Waals surface area contributed by atoms with Gasteiger partial charge in [-0.1, -0.05) is 12.1 Å². The summed E-state index contributed by atoms with van der Waals surface area (Å²) in [5, 5.41) is 0. The Kier molecular flexibility index (Phi) is 9.39. The largest absolute Gasteiger partial charge is 0.493 e. The van der Waals surface area contributed by atoms with E-state index in [1.54, 1.807) is 24.1 Å². The molecule has 0 radical (unpaired) electrons. The summed E-state index contributed by atoms with van der Waals surface area (Å²) in [4.78, 5) is 27.5. The van der Waals surface area contributed by atoms with Crippen molar-refractivity contribution in [3.05, 3.63) is 24.3 Å². The fourth-order valence-electron chi connectivity index (χ4n) is 2.24. The molecule has 1 aromatic carbocycles. The van der Waals surface area contributed by atoms with E-state index in [9.17, 15) is 9.59 Å². The average Bonchev–Trinajstić information content (AvgIpc) is 2.61. The standard InChI is InChI=1S/C18H28N2O5/c1-19(2)11-7-12-20(13-10-18(22)24-4)17(21)14-25-16-9-6-5-8-15(16)23-3/h5-6,8-9H,7,10-14H2,1-4H3. The van der Waals surface area contributed by atoms with Crippen LogP contribution < -0.4 is 9.47 Å². The SMILES string of the molecule is COC(=O)CCN(CCCN(C)C)C(=O)COc1ccccc1OC. The summed E-state index contributed by atoms with van der Waals surface area (Å²) in [6.45, 7) is 1.62. The van der Waals surface area contributed by atoms with Gasteiger partial charge in [-0.2, -0.15) is 0 Å². The Hall–Kier alpha value is -2.28. The van der Waals surface area contributed by atoms with Crippen LogP contribution in [0.5, 0.6) is 11.5 Å². The zero-order chi connectivity index (χ0) is 18.7. The maximum Gasteiger partial charge on any atom is 0.307 e. The molecular weight excluding hydrogens is 324 g/mol. The van der Waals surface area contributed by atoms with E-state index < -0.39 is 0 Å². The Morgan fingerprint density at radius 2 is 1.68 bits per heavy atom. The molecule has 0 unspecified atom stereocenters. The number of carbonyl (C=O) groups excluding carboxylic acids is 2. The van der Waals surface area contributed by atoms with Gasteiger partial charge < -0.3 is 24.0 Å². The normalized spacial score (nSPS) is 10.4. The Morgan fingerprint density at radius 3 is 2.28 bits per heavy atom. The van der Waals surface area contributed by atoms with Crippen molar-refractivity contribution in [1.82, 2.24) is 9.80 Å². The summed E-state index contributed by atoms with van der Waals surface area (Å²) in [7, 11) is 6.84. The Balaban J connectivity index is 2.61. The van der Waals surface area contributed by atoms with Crippen LogP contribution in [-0.2, 0) is 14.3 Å². The Labute approximate surface area is 149 Å². The van der Waals surface area contributed by atoms with E-state index in [1.807, 2.05) is 31.1 Å². The molecule has 0 bridgehead atoms. The van der Waals surface area contributed by atoms with Gasteiger partial charge in [0.2, 0.25) is 0 Å². The van der Waals surface area contributed by atoms with Crippen LogP contribution in [-0.4, -0.2) is 76.2 Å². The highest BCUT2D eigenvalue weighted by Crippen LogP contribution is 2.25. The number of hydrogen-bond donors (Lipinski definition) is 0. The molecule has 0 N–H and O–H groups in total. The molecule has 7 heteroatoms. The molecule has 0 saturated carbocycles. The lowest BCUT2D eigenvalue weighted by Crippen LogP contribution is -2.38. The smallest absolute Gasteiger partial charge is 0.307 e. The average molecular weight is 352 g/mol. The van der Waals surface area contributed by atoms with Crippen molar-refractivity contribution in [2.24, 2.45) is 0 Å². The maximum absolute atomic E-state index is 12.5. The minimum absolute atomic E-state index is 0.108. The second-order valence-corrected chi connectivity index (χ2v) is 5.80. The lowest BCUT2D eigenvalue weighted by atomic mass is 10.3. The second-order valence-electron chi connectivity index (χ2n) is 5.80. The van der Waals surface area contributed by atoms with E-state index in [0.29, 0.717) is 24.6 Å². The Bertz CT molecular complexity index is 548. The number of para-hydroxylation sites is 2. The molecule has 0 fully saturated rings. The summed E-state index contributed by atoms with van der Waals surface area (Å²) >= 11 is 0. The fraction of sp³-hybridized carbons (Fsp3) is 0.556. The summed E-state index contributed by atoms with van der Waals surface area (Å²) < 4.78 is 15.4. The molecule has 0 spiro atoms. The summed E-state index contributed by atoms with van der Waals surface area (Å²) in [6, 6.07) is 7.16. The highest BCUT2D eigenvalue weighted by Gasteiger charge is 2.16. The third kappa shape index (κ3) is 7.89. The quantitative estimate of drug-likeness (QED) is 0.561. The fourth-order valence-corrected chi connectivity index (χ4v) is 2.24. The van der Waals surface area contributed by atoms with Gasteiger partial charge >= 0.3 is 5.97 Å². The van der Waals surface area contributed by atoms with Crippen LogP contribution in [0.3, 0.4) is 0 Å². The van der Waals surface area contributed by atoms with Crippen LogP contribution in [0.1, 0.15) is 12.8 Å². The van der Waals surface area contributed by atoms with Gasteiger partial charge in [-0.05, 0) is 39.2 Å². The van der Waals surface area contributed by atoms with Crippen LogP contribution >= 0.6 is 0 Å². The van der Waals surface area contributed by atoms with E-state index in [1.165, 1.54) is 7.11 Å². The first-order chi connectivity index (χ1) is 12.0. The van der Waals surface area contributed by atoms with Gasteiger partial charge in [0.05, 0.1) is 20.6 Å². The van der Waals surface area contributed by atoms with Crippen molar-refractivity contribution in [3.63, 3.8) is 0 Å². The van der Waals surface area contributed by atoms with Crippen molar-refractivity contribution in [3.8, 4) is 11.5 Å². The molecule has 0 atom stereocenters. The summed E-state index contributed by atoms with van der Waals surface area (Å²) in [5.41, 5.74) is 0. The number of esters is 1. The molecule has 140 valence electrons. The molecule has 0 aliphatic carbocycles. The number of ether oxygens (including phenoxy) is 3. The number of benzene rings is 1. The van der Waals surface area contributed by atoms with Crippen molar-refractivity contribution in [1.29, 1.82) is 0 Å². The first-order valence-electron chi connectivity index (χ1n) is 8.23. The van der Waals surface area contributed by atoms with E-state index in [2.05, 4.69) is 4.74 Å². The number of rotatable bonds is 11. The maximum atomic E-state index is 12.5. The van der Waals surface area contributed by atoms with Crippen molar-refractivity contribution < 1.29 is 23.8 Å². The van der Waals surface area contributed by atoms with Crippen molar-refractivity contribution in [2.75, 3.05) is 54.6 Å². The third-order valence-corrected chi connectivity index (χ3v) is 3.62. The number of amides is 1. The lowest BCUT2D eigenvalue weighted by molar-refractivity contribution is -0.142. The second kappa shape index (κ2) is 11.3. The van der Waals surface area contributed by atoms with Crippen LogP contribution in [0.4, 0.5) is 0 Å². The zero-order valence-corrected chi connectivity index (χ0v) is 15.5. The molecule has 25 heavy (non-hydrogen) atoms. The predicted molar refractivity (Wildman–Crippen MR) is 94.9 cm³/mol. The summed E-state index contributed by atoms with van der Waals surface area (Å²) in [6.07, 6.45) is 0.980. The molecule has 0 aromatic heterocycles. The Morgan fingerprint density at radius 1 is 1.00 bits per heavy atom. The molecule has 0 aliphatic heterocycles. The first kappa shape index (κ1) is 20.8. The van der Waals surface area contributed by atoms with Crippen LogP contribution in [0.2, 0.25) is 0 Å². The monoisotopic (exact) mass is 352 g/mol. The van der Waals surface area contributed by atoms with Gasteiger partial charge in [0, 0.05) is 13.1 Å². The molecule has 1 aromatic rings. The highest BCUT2D eigenvalue weighted by atomic mass is 16.5. The van der Waals surface area contributed by atoms with E-state index in [0.717, 1.165) is 13.0 Å². The van der Waals surface area contributed by atoms with Gasteiger partial charge in [-0.25, -0.2) is 0 Å². The van der Waals surface area contributed by atoms with E-state index >= 15 is 0 Å². The number of carbonyl (C=O) groups is 2. The van der Waals surface area contributed by atoms with Crippen LogP contribution in [0.15, 0.2) is 24.3 Å². The molecule has 0 aliphatic rings. The molecule has 0 heterocycles. The zero-order valence-electron chi connectivity index (χ0n) is 15.5. The predicted octanol–water partition coefficient (Wildman–Crippen LogP) is 1.42. The molecule has 1 rings (SSSR count). The number of hydrogen-bond acceptors (Lipinski definition) is 6. The first-order valence-corrected chi connectivity index (χ1v) is 8.23. The highest BCUT2D eigenvalue weighted by molar-refractivity contribution is 5.78. The lowest BCUT2D eigenvalue weighted by Gasteiger charge is -2.23. The van der Waals surface area contributed by atoms with E-state index in [4.69, 9.17) is 9.47 Å². The van der Waals surface area contributed by atoms with Gasteiger partial charge in [-0.3, -0.25) is 9.59 Å². The van der Waals surface area contributed by atoms with E-state index in [-0.39, 0.29) is 24.9 Å². The molecule has 0 saturated heterocycles. The molecule has 7 nitrogen and oxygen atoms in total. The van der Waals surface area contributed by atoms with Gasteiger partial charge in [0.25, 0.3) is 5.91 Å². The summed E-state index contributed by atoms with van der Waals surface area (Å²) in [5.74, 6) is 0.577.